The highest BCUT2D eigenvalue weighted by Gasteiger charge is 2.22. The number of carbonyl (C=O) groups excluding carboxylic acids is 1. The third-order valence-electron chi connectivity index (χ3n) is 3.60. The Morgan fingerprint density at radius 1 is 1.08 bits per heavy atom. The van der Waals surface area contributed by atoms with Crippen LogP contribution in [-0.4, -0.2) is 39.7 Å². The van der Waals surface area contributed by atoms with Gasteiger partial charge in [-0.15, -0.1) is 0 Å². The van der Waals surface area contributed by atoms with Crippen LogP contribution in [0.4, 0.5) is 5.69 Å². The van der Waals surface area contributed by atoms with E-state index in [4.69, 9.17) is 9.84 Å². The van der Waals surface area contributed by atoms with Crippen LogP contribution in [0.5, 0.6) is 5.75 Å². The molecule has 9 heteroatoms. The number of sulfonamides is 1. The lowest BCUT2D eigenvalue weighted by atomic mass is 10.1. The fraction of sp³-hybridized carbons (Fsp3) is 0.176. The van der Waals surface area contributed by atoms with Crippen molar-refractivity contribution in [3.63, 3.8) is 0 Å². The molecule has 138 valence electrons. The second-order valence-corrected chi connectivity index (χ2v) is 6.94. The lowest BCUT2D eigenvalue weighted by Crippen LogP contribution is -2.17. The van der Waals surface area contributed by atoms with E-state index in [9.17, 15) is 18.0 Å². The molecule has 0 spiro atoms. The summed E-state index contributed by atoms with van der Waals surface area (Å²) in [7, 11) is -1.57. The molecule has 0 amide bonds. The normalized spacial score (nSPS) is 10.9. The van der Waals surface area contributed by atoms with Crippen LogP contribution in [0.1, 0.15) is 26.3 Å². The van der Waals surface area contributed by atoms with Gasteiger partial charge in [0, 0.05) is 0 Å². The standard InChI is InChI=1S/C17H17NO7S/c1-10-4-5-11(16(19)20)8-15(10)26(22,23)18-14-7-6-12(24-2)9-13(14)17(21)25-3/h4-9,18H,1-3H3,(H,19,20). The van der Waals surface area contributed by atoms with Gasteiger partial charge in [0.25, 0.3) is 10.0 Å². The molecule has 2 aromatic carbocycles. The number of nitrogens with one attached hydrogen (secondary N) is 1. The molecule has 0 saturated carbocycles. The molecule has 0 radical (unpaired) electrons. The van der Waals surface area contributed by atoms with Crippen molar-refractivity contribution >= 4 is 27.6 Å². The van der Waals surface area contributed by atoms with E-state index in [-0.39, 0.29) is 21.7 Å². The van der Waals surface area contributed by atoms with Gasteiger partial charge in [0.2, 0.25) is 0 Å². The molecule has 2 rings (SSSR count). The van der Waals surface area contributed by atoms with Gasteiger partial charge in [0.05, 0.1) is 35.9 Å². The molecule has 8 nitrogen and oxygen atoms in total. The predicted octanol–water partition coefficient (Wildman–Crippen LogP) is 2.29. The summed E-state index contributed by atoms with van der Waals surface area (Å²) in [6.45, 7) is 1.54. The second-order valence-electron chi connectivity index (χ2n) is 5.29. The summed E-state index contributed by atoms with van der Waals surface area (Å²) in [4.78, 5) is 22.9. The molecule has 2 N–H and O–H groups in total. The number of carboxylic acids is 1. The van der Waals surface area contributed by atoms with Crippen LogP contribution in [0.25, 0.3) is 0 Å². The molecule has 0 fully saturated rings. The van der Waals surface area contributed by atoms with Gasteiger partial charge in [-0.25, -0.2) is 18.0 Å². The third kappa shape index (κ3) is 3.94. The SMILES string of the molecule is COC(=O)c1cc(OC)ccc1NS(=O)(=O)c1cc(C(=O)O)ccc1C. The maximum absolute atomic E-state index is 12.7. The van der Waals surface area contributed by atoms with E-state index in [2.05, 4.69) is 9.46 Å². The fourth-order valence-electron chi connectivity index (χ4n) is 2.24. The van der Waals surface area contributed by atoms with Crippen molar-refractivity contribution in [3.8, 4) is 5.75 Å². The number of anilines is 1. The van der Waals surface area contributed by atoms with Crippen molar-refractivity contribution in [3.05, 3.63) is 53.1 Å². The first-order valence-corrected chi connectivity index (χ1v) is 8.81. The zero-order chi connectivity index (χ0) is 19.5. The molecule has 26 heavy (non-hydrogen) atoms. The number of hydrogen-bond donors (Lipinski definition) is 2. The summed E-state index contributed by atoms with van der Waals surface area (Å²) in [5.74, 6) is -1.66. The first-order chi connectivity index (χ1) is 12.2. The molecule has 0 aliphatic rings. The fourth-order valence-corrected chi connectivity index (χ4v) is 3.59. The Morgan fingerprint density at radius 3 is 2.35 bits per heavy atom. The number of hydrogen-bond acceptors (Lipinski definition) is 6. The van der Waals surface area contributed by atoms with E-state index in [0.29, 0.717) is 11.3 Å². The van der Waals surface area contributed by atoms with Crippen molar-refractivity contribution in [2.24, 2.45) is 0 Å². The van der Waals surface area contributed by atoms with E-state index in [1.54, 1.807) is 0 Å². The van der Waals surface area contributed by atoms with Crippen LogP contribution in [0.3, 0.4) is 0 Å². The smallest absolute Gasteiger partial charge is 0.340 e. The highest BCUT2D eigenvalue weighted by atomic mass is 32.2. The summed E-state index contributed by atoms with van der Waals surface area (Å²) >= 11 is 0. The zero-order valence-electron chi connectivity index (χ0n) is 14.3. The topological polar surface area (TPSA) is 119 Å². The Balaban J connectivity index is 2.52. The highest BCUT2D eigenvalue weighted by molar-refractivity contribution is 7.92. The molecule has 0 aliphatic heterocycles. The number of carbonyl (C=O) groups is 2. The lowest BCUT2D eigenvalue weighted by Gasteiger charge is -2.14. The molecule has 0 heterocycles. The Labute approximate surface area is 150 Å². The Morgan fingerprint density at radius 2 is 1.77 bits per heavy atom. The largest absolute Gasteiger partial charge is 0.497 e. The maximum atomic E-state index is 12.7. The Hall–Kier alpha value is -3.07. The minimum absolute atomic E-state index is 0.0159. The van der Waals surface area contributed by atoms with Crippen LogP contribution in [0.2, 0.25) is 0 Å². The molecule has 0 unspecified atom stereocenters. The number of ether oxygens (including phenoxy) is 2. The van der Waals surface area contributed by atoms with Gasteiger partial charge in [0.15, 0.2) is 0 Å². The predicted molar refractivity (Wildman–Crippen MR) is 93.3 cm³/mol. The van der Waals surface area contributed by atoms with Crippen molar-refractivity contribution in [1.29, 1.82) is 0 Å². The Kier molecular flexibility index (Phi) is 5.51. The van der Waals surface area contributed by atoms with Crippen molar-refractivity contribution in [2.45, 2.75) is 11.8 Å². The number of esters is 1. The molecular formula is C17H17NO7S. The van der Waals surface area contributed by atoms with E-state index in [0.717, 1.165) is 6.07 Å². The number of methoxy groups -OCH3 is 2. The molecule has 0 aromatic heterocycles. The van der Waals surface area contributed by atoms with Crippen LogP contribution in [-0.2, 0) is 14.8 Å². The summed E-state index contributed by atoms with van der Waals surface area (Å²) in [5, 5.41) is 9.07. The van der Waals surface area contributed by atoms with Gasteiger partial charge in [-0.1, -0.05) is 6.07 Å². The van der Waals surface area contributed by atoms with Crippen molar-refractivity contribution < 1.29 is 32.6 Å². The maximum Gasteiger partial charge on any atom is 0.340 e. The van der Waals surface area contributed by atoms with Gasteiger partial charge in [-0.3, -0.25) is 4.72 Å². The van der Waals surface area contributed by atoms with E-state index >= 15 is 0 Å². The molecule has 0 aliphatic carbocycles. The highest BCUT2D eigenvalue weighted by Crippen LogP contribution is 2.27. The van der Waals surface area contributed by atoms with Gasteiger partial charge in [-0.2, -0.15) is 0 Å². The van der Waals surface area contributed by atoms with Crippen LogP contribution >= 0.6 is 0 Å². The number of aryl methyl sites for hydroxylation is 1. The van der Waals surface area contributed by atoms with Gasteiger partial charge in [-0.05, 0) is 42.8 Å². The number of aromatic carboxylic acids is 1. The van der Waals surface area contributed by atoms with Crippen LogP contribution in [0, 0.1) is 6.92 Å². The number of benzene rings is 2. The summed E-state index contributed by atoms with van der Waals surface area (Å²) in [5.41, 5.74) is 0.134. The monoisotopic (exact) mass is 379 g/mol. The number of rotatable bonds is 6. The zero-order valence-corrected chi connectivity index (χ0v) is 15.1. The van der Waals surface area contributed by atoms with E-state index < -0.39 is 22.0 Å². The number of carboxylic acid groups (broad SMARTS) is 1. The van der Waals surface area contributed by atoms with Gasteiger partial charge >= 0.3 is 11.9 Å². The molecule has 2 aromatic rings. The first kappa shape index (κ1) is 19.3. The molecule has 0 bridgehead atoms. The average Bonchev–Trinajstić information content (AvgIpc) is 2.61. The average molecular weight is 379 g/mol. The Bertz CT molecular complexity index is 967. The van der Waals surface area contributed by atoms with Crippen molar-refractivity contribution in [1.82, 2.24) is 0 Å². The molecule has 0 atom stereocenters. The van der Waals surface area contributed by atoms with Gasteiger partial charge in [0.1, 0.15) is 5.75 Å². The van der Waals surface area contributed by atoms with Gasteiger partial charge < -0.3 is 14.6 Å². The minimum Gasteiger partial charge on any atom is -0.497 e. The molecular weight excluding hydrogens is 362 g/mol. The lowest BCUT2D eigenvalue weighted by molar-refractivity contribution is 0.0600. The first-order valence-electron chi connectivity index (χ1n) is 7.32. The van der Waals surface area contributed by atoms with E-state index in [1.165, 1.54) is 51.5 Å². The minimum atomic E-state index is -4.15. The summed E-state index contributed by atoms with van der Waals surface area (Å²) in [6, 6.07) is 7.94. The van der Waals surface area contributed by atoms with Crippen molar-refractivity contribution in [2.75, 3.05) is 18.9 Å². The van der Waals surface area contributed by atoms with Crippen LogP contribution < -0.4 is 9.46 Å². The van der Waals surface area contributed by atoms with Crippen LogP contribution in [0.15, 0.2) is 41.3 Å². The summed E-state index contributed by atoms with van der Waals surface area (Å²) < 4.78 is 37.4. The molecule has 0 saturated heterocycles. The third-order valence-corrected chi connectivity index (χ3v) is 5.11. The quantitative estimate of drug-likeness (QED) is 0.739. The van der Waals surface area contributed by atoms with E-state index in [1.807, 2.05) is 0 Å². The summed E-state index contributed by atoms with van der Waals surface area (Å²) in [6.07, 6.45) is 0. The second kappa shape index (κ2) is 7.44.